The number of nitrogens with one attached hydrogen (secondary N) is 2. The van der Waals surface area contributed by atoms with Crippen molar-refractivity contribution in [1.29, 1.82) is 0 Å². The quantitative estimate of drug-likeness (QED) is 0.872. The third kappa shape index (κ3) is 2.73. The highest BCUT2D eigenvalue weighted by atomic mass is 16.6. The molecule has 2 aromatic rings. The first kappa shape index (κ1) is 12.1. The van der Waals surface area contributed by atoms with Crippen LogP contribution in [0.15, 0.2) is 22.8 Å². The molecule has 100 valence electrons. The Morgan fingerprint density at radius 3 is 3.11 bits per heavy atom. The number of aromatic nitrogens is 3. The average Bonchev–Trinajstić information content (AvgIpc) is 3.08. The molecule has 19 heavy (non-hydrogen) atoms. The summed E-state index contributed by atoms with van der Waals surface area (Å²) in [6.07, 6.45) is 2.37. The van der Waals surface area contributed by atoms with E-state index in [4.69, 9.17) is 0 Å². The summed E-state index contributed by atoms with van der Waals surface area (Å²) in [5, 5.41) is 14.3. The van der Waals surface area contributed by atoms with Crippen molar-refractivity contribution >= 4 is 5.82 Å². The fourth-order valence-electron chi connectivity index (χ4n) is 2.27. The SMILES string of the molecule is Cc1nonc1CNc1cccc(C2CCCN2)n1. The molecule has 1 aliphatic heterocycles. The van der Waals surface area contributed by atoms with E-state index >= 15 is 0 Å². The van der Waals surface area contributed by atoms with E-state index in [0.717, 1.165) is 35.9 Å². The smallest absolute Gasteiger partial charge is 0.127 e. The molecule has 3 heterocycles. The zero-order valence-corrected chi connectivity index (χ0v) is 10.9. The molecule has 6 nitrogen and oxygen atoms in total. The fourth-order valence-corrected chi connectivity index (χ4v) is 2.27. The van der Waals surface area contributed by atoms with E-state index in [2.05, 4.69) is 36.6 Å². The summed E-state index contributed by atoms with van der Waals surface area (Å²) in [7, 11) is 0. The molecule has 0 radical (unpaired) electrons. The molecule has 2 aromatic heterocycles. The van der Waals surface area contributed by atoms with Crippen molar-refractivity contribution in [2.75, 3.05) is 11.9 Å². The monoisotopic (exact) mass is 259 g/mol. The van der Waals surface area contributed by atoms with Crippen LogP contribution in [0.1, 0.15) is 36.0 Å². The average molecular weight is 259 g/mol. The number of aryl methyl sites for hydroxylation is 1. The number of nitrogens with zero attached hydrogens (tertiary/aromatic N) is 3. The molecule has 1 atom stereocenters. The van der Waals surface area contributed by atoms with Gasteiger partial charge in [-0.2, -0.15) is 0 Å². The molecule has 0 aliphatic carbocycles. The Hall–Kier alpha value is -1.95. The predicted octanol–water partition coefficient (Wildman–Crippen LogP) is 1.81. The highest BCUT2D eigenvalue weighted by Crippen LogP contribution is 2.22. The van der Waals surface area contributed by atoms with Crippen LogP contribution in [0.3, 0.4) is 0 Å². The Balaban J connectivity index is 1.67. The minimum atomic E-state index is 0.386. The van der Waals surface area contributed by atoms with E-state index in [1.807, 2.05) is 19.1 Å². The Morgan fingerprint density at radius 1 is 1.42 bits per heavy atom. The van der Waals surface area contributed by atoms with Gasteiger partial charge in [-0.05, 0) is 38.4 Å². The lowest BCUT2D eigenvalue weighted by Gasteiger charge is -2.11. The zero-order valence-electron chi connectivity index (χ0n) is 10.9. The number of pyridine rings is 1. The molecule has 3 rings (SSSR count). The summed E-state index contributed by atoms with van der Waals surface area (Å²) in [4.78, 5) is 4.63. The van der Waals surface area contributed by atoms with Crippen LogP contribution >= 0.6 is 0 Å². The van der Waals surface area contributed by atoms with E-state index in [0.29, 0.717) is 12.6 Å². The van der Waals surface area contributed by atoms with Crippen LogP contribution < -0.4 is 10.6 Å². The van der Waals surface area contributed by atoms with E-state index in [1.54, 1.807) is 0 Å². The van der Waals surface area contributed by atoms with Crippen molar-refractivity contribution in [1.82, 2.24) is 20.6 Å². The summed E-state index contributed by atoms with van der Waals surface area (Å²) < 4.78 is 4.67. The zero-order chi connectivity index (χ0) is 13.1. The number of hydrogen-bond donors (Lipinski definition) is 2. The van der Waals surface area contributed by atoms with Crippen LogP contribution in [0.25, 0.3) is 0 Å². The summed E-state index contributed by atoms with van der Waals surface area (Å²) in [6.45, 7) is 3.53. The van der Waals surface area contributed by atoms with E-state index in [1.165, 1.54) is 6.42 Å². The lowest BCUT2D eigenvalue weighted by atomic mass is 10.1. The van der Waals surface area contributed by atoms with Gasteiger partial charge in [0.15, 0.2) is 0 Å². The van der Waals surface area contributed by atoms with E-state index < -0.39 is 0 Å². The molecule has 0 aromatic carbocycles. The van der Waals surface area contributed by atoms with Gasteiger partial charge in [0.2, 0.25) is 0 Å². The molecule has 0 saturated carbocycles. The molecule has 1 saturated heterocycles. The van der Waals surface area contributed by atoms with Gasteiger partial charge in [0.25, 0.3) is 0 Å². The minimum absolute atomic E-state index is 0.386. The first-order valence-electron chi connectivity index (χ1n) is 6.55. The number of rotatable bonds is 4. The van der Waals surface area contributed by atoms with Crippen LogP contribution in [0.4, 0.5) is 5.82 Å². The molecular formula is C13H17N5O. The van der Waals surface area contributed by atoms with Gasteiger partial charge < -0.3 is 10.6 Å². The lowest BCUT2D eigenvalue weighted by Crippen LogP contribution is -2.15. The number of anilines is 1. The third-order valence-corrected chi connectivity index (χ3v) is 3.37. The molecule has 1 aliphatic rings. The Morgan fingerprint density at radius 2 is 2.37 bits per heavy atom. The molecule has 0 amide bonds. The molecular weight excluding hydrogens is 242 g/mol. The maximum atomic E-state index is 4.67. The topological polar surface area (TPSA) is 75.9 Å². The van der Waals surface area contributed by atoms with Crippen LogP contribution in [0.2, 0.25) is 0 Å². The highest BCUT2D eigenvalue weighted by molar-refractivity contribution is 5.36. The van der Waals surface area contributed by atoms with Crippen molar-refractivity contribution in [3.8, 4) is 0 Å². The largest absolute Gasteiger partial charge is 0.364 e. The first-order valence-corrected chi connectivity index (χ1v) is 6.55. The molecule has 6 heteroatoms. The molecule has 2 N–H and O–H groups in total. The summed E-state index contributed by atoms with van der Waals surface area (Å²) in [5.41, 5.74) is 2.71. The Kier molecular flexibility index (Phi) is 3.41. The Labute approximate surface area is 111 Å². The van der Waals surface area contributed by atoms with Gasteiger partial charge in [-0.25, -0.2) is 9.61 Å². The Bertz CT molecular complexity index is 547. The maximum absolute atomic E-state index is 4.67. The van der Waals surface area contributed by atoms with Gasteiger partial charge in [-0.1, -0.05) is 16.4 Å². The summed E-state index contributed by atoms with van der Waals surface area (Å²) in [6, 6.07) is 6.44. The second-order valence-corrected chi connectivity index (χ2v) is 4.75. The van der Waals surface area contributed by atoms with Gasteiger partial charge in [0.1, 0.15) is 17.2 Å². The molecule has 1 unspecified atom stereocenters. The summed E-state index contributed by atoms with van der Waals surface area (Å²) >= 11 is 0. The van der Waals surface area contributed by atoms with Gasteiger partial charge >= 0.3 is 0 Å². The van der Waals surface area contributed by atoms with Crippen LogP contribution in [0, 0.1) is 6.92 Å². The fraction of sp³-hybridized carbons (Fsp3) is 0.462. The first-order chi connectivity index (χ1) is 9.33. The minimum Gasteiger partial charge on any atom is -0.364 e. The van der Waals surface area contributed by atoms with Crippen molar-refractivity contribution < 1.29 is 4.63 Å². The van der Waals surface area contributed by atoms with Crippen molar-refractivity contribution in [2.45, 2.75) is 32.4 Å². The maximum Gasteiger partial charge on any atom is 0.127 e. The van der Waals surface area contributed by atoms with Gasteiger partial charge in [-0.15, -0.1) is 0 Å². The second kappa shape index (κ2) is 5.36. The van der Waals surface area contributed by atoms with E-state index in [9.17, 15) is 0 Å². The second-order valence-electron chi connectivity index (χ2n) is 4.75. The van der Waals surface area contributed by atoms with Gasteiger partial charge in [0, 0.05) is 6.04 Å². The predicted molar refractivity (Wildman–Crippen MR) is 70.6 cm³/mol. The third-order valence-electron chi connectivity index (χ3n) is 3.37. The molecule has 1 fully saturated rings. The van der Waals surface area contributed by atoms with Gasteiger partial charge in [-0.3, -0.25) is 0 Å². The van der Waals surface area contributed by atoms with Crippen LogP contribution in [-0.4, -0.2) is 21.8 Å². The summed E-state index contributed by atoms with van der Waals surface area (Å²) in [5.74, 6) is 0.855. The van der Waals surface area contributed by atoms with Gasteiger partial charge in [0.05, 0.1) is 12.2 Å². The van der Waals surface area contributed by atoms with Crippen molar-refractivity contribution in [2.24, 2.45) is 0 Å². The van der Waals surface area contributed by atoms with Crippen LogP contribution in [0.5, 0.6) is 0 Å². The normalized spacial score (nSPS) is 18.7. The van der Waals surface area contributed by atoms with E-state index in [-0.39, 0.29) is 0 Å². The van der Waals surface area contributed by atoms with Crippen molar-refractivity contribution in [3.05, 3.63) is 35.3 Å². The molecule has 0 bridgehead atoms. The highest BCUT2D eigenvalue weighted by Gasteiger charge is 2.17. The van der Waals surface area contributed by atoms with Crippen LogP contribution in [-0.2, 0) is 6.54 Å². The standard InChI is InChI=1S/C13H17N5O/c1-9-12(18-19-17-9)8-15-13-6-2-4-11(16-13)10-5-3-7-14-10/h2,4,6,10,14H,3,5,7-8H2,1H3,(H,15,16). The number of hydrogen-bond acceptors (Lipinski definition) is 6. The molecule has 0 spiro atoms. The van der Waals surface area contributed by atoms with Crippen molar-refractivity contribution in [3.63, 3.8) is 0 Å². The lowest BCUT2D eigenvalue weighted by molar-refractivity contribution is 0.301.